The lowest BCUT2D eigenvalue weighted by atomic mass is 10.2. The molecule has 0 bridgehead atoms. The zero-order chi connectivity index (χ0) is 18.6. The van der Waals surface area contributed by atoms with Crippen LogP contribution in [0.25, 0.3) is 10.9 Å². The third-order valence-corrected chi connectivity index (χ3v) is 4.14. The largest absolute Gasteiger partial charge is 0.457 e. The maximum absolute atomic E-state index is 5.94. The molecule has 0 unspecified atom stereocenters. The fourth-order valence-electron chi connectivity index (χ4n) is 2.83. The van der Waals surface area contributed by atoms with Gasteiger partial charge in [-0.15, -0.1) is 6.42 Å². The Hall–Kier alpha value is -3.84. The Morgan fingerprint density at radius 3 is 2.48 bits per heavy atom. The number of rotatable bonds is 4. The molecular formula is C23H17N3O. The molecule has 0 fully saturated rings. The summed E-state index contributed by atoms with van der Waals surface area (Å²) in [6, 6.07) is 23.4. The number of fused-ring (bicyclic) bond motifs is 1. The molecule has 0 aliphatic carbocycles. The molecule has 0 radical (unpaired) electrons. The molecule has 4 aromatic rings. The summed E-state index contributed by atoms with van der Waals surface area (Å²) >= 11 is 0. The van der Waals surface area contributed by atoms with Gasteiger partial charge in [-0.3, -0.25) is 0 Å². The van der Waals surface area contributed by atoms with Gasteiger partial charge in [-0.05, 0) is 60.9 Å². The summed E-state index contributed by atoms with van der Waals surface area (Å²) in [6.07, 6.45) is 5.50. The van der Waals surface area contributed by atoms with E-state index in [2.05, 4.69) is 21.2 Å². The molecule has 0 spiro atoms. The van der Waals surface area contributed by atoms with Gasteiger partial charge in [0.1, 0.15) is 17.3 Å². The van der Waals surface area contributed by atoms with Gasteiger partial charge < -0.3 is 10.1 Å². The van der Waals surface area contributed by atoms with E-state index in [1.807, 2.05) is 79.7 Å². The van der Waals surface area contributed by atoms with E-state index in [4.69, 9.17) is 11.2 Å². The Kier molecular flexibility index (Phi) is 4.42. The van der Waals surface area contributed by atoms with E-state index < -0.39 is 0 Å². The molecule has 1 N–H and O–H groups in total. The molecule has 0 saturated carbocycles. The summed E-state index contributed by atoms with van der Waals surface area (Å²) in [5.41, 5.74) is 2.72. The number of nitrogens with one attached hydrogen (secondary N) is 1. The molecule has 4 heteroatoms. The highest BCUT2D eigenvalue weighted by Crippen LogP contribution is 2.29. The van der Waals surface area contributed by atoms with Crippen molar-refractivity contribution in [2.45, 2.75) is 6.92 Å². The molecule has 1 aromatic heterocycles. The minimum Gasteiger partial charge on any atom is -0.457 e. The van der Waals surface area contributed by atoms with Crippen LogP contribution in [-0.2, 0) is 0 Å². The number of ether oxygens (including phenoxy) is 1. The standard InChI is InChI=1S/C23H17N3O/c1-3-22-25-20-12-8-7-11-19(20)23(26-22)24-17-13-14-21(16(2)15-17)27-18-9-5-4-6-10-18/h1,4-15H,2H3,(H,24,25,26). The summed E-state index contributed by atoms with van der Waals surface area (Å²) in [7, 11) is 0. The first kappa shape index (κ1) is 16.6. The number of benzene rings is 3. The van der Waals surface area contributed by atoms with Crippen molar-refractivity contribution in [3.8, 4) is 23.8 Å². The molecule has 130 valence electrons. The van der Waals surface area contributed by atoms with Crippen LogP contribution in [0.3, 0.4) is 0 Å². The van der Waals surface area contributed by atoms with Crippen LogP contribution in [0, 0.1) is 19.3 Å². The molecule has 4 rings (SSSR count). The maximum Gasteiger partial charge on any atom is 0.207 e. The van der Waals surface area contributed by atoms with Gasteiger partial charge in [-0.25, -0.2) is 9.97 Å². The average Bonchev–Trinajstić information content (AvgIpc) is 2.70. The maximum atomic E-state index is 5.94. The van der Waals surface area contributed by atoms with Gasteiger partial charge in [0.05, 0.1) is 5.52 Å². The predicted molar refractivity (Wildman–Crippen MR) is 108 cm³/mol. The van der Waals surface area contributed by atoms with Gasteiger partial charge in [0, 0.05) is 11.1 Å². The van der Waals surface area contributed by atoms with Crippen LogP contribution >= 0.6 is 0 Å². The highest BCUT2D eigenvalue weighted by atomic mass is 16.5. The minimum absolute atomic E-state index is 0.358. The smallest absolute Gasteiger partial charge is 0.207 e. The number of hydrogen-bond acceptors (Lipinski definition) is 4. The van der Waals surface area contributed by atoms with E-state index in [9.17, 15) is 0 Å². The zero-order valence-corrected chi connectivity index (χ0v) is 14.8. The first-order chi connectivity index (χ1) is 13.2. The molecule has 0 amide bonds. The molecule has 0 saturated heterocycles. The van der Waals surface area contributed by atoms with Crippen molar-refractivity contribution in [3.63, 3.8) is 0 Å². The van der Waals surface area contributed by atoms with E-state index in [0.717, 1.165) is 33.7 Å². The van der Waals surface area contributed by atoms with Crippen molar-refractivity contribution in [1.82, 2.24) is 9.97 Å². The van der Waals surface area contributed by atoms with Crippen LogP contribution in [0.15, 0.2) is 72.8 Å². The SMILES string of the molecule is C#Cc1nc(Nc2ccc(Oc3ccccc3)c(C)c2)c2ccccc2n1. The summed E-state index contributed by atoms with van der Waals surface area (Å²) in [4.78, 5) is 8.81. The third-order valence-electron chi connectivity index (χ3n) is 4.14. The number of para-hydroxylation sites is 2. The van der Waals surface area contributed by atoms with Crippen LogP contribution in [-0.4, -0.2) is 9.97 Å². The van der Waals surface area contributed by atoms with Crippen molar-refractivity contribution in [2.24, 2.45) is 0 Å². The Morgan fingerprint density at radius 1 is 0.926 bits per heavy atom. The van der Waals surface area contributed by atoms with Crippen molar-refractivity contribution >= 4 is 22.4 Å². The fourth-order valence-corrected chi connectivity index (χ4v) is 2.83. The fraction of sp³-hybridized carbons (Fsp3) is 0.0435. The number of nitrogens with zero attached hydrogens (tertiary/aromatic N) is 2. The second-order valence-electron chi connectivity index (χ2n) is 6.08. The highest BCUT2D eigenvalue weighted by Gasteiger charge is 2.08. The first-order valence-corrected chi connectivity index (χ1v) is 8.57. The van der Waals surface area contributed by atoms with E-state index >= 15 is 0 Å². The average molecular weight is 351 g/mol. The van der Waals surface area contributed by atoms with Gasteiger partial charge in [0.15, 0.2) is 0 Å². The second kappa shape index (κ2) is 7.19. The molecule has 3 aromatic carbocycles. The second-order valence-corrected chi connectivity index (χ2v) is 6.08. The Balaban J connectivity index is 1.65. The number of anilines is 2. The van der Waals surface area contributed by atoms with Crippen molar-refractivity contribution in [1.29, 1.82) is 0 Å². The van der Waals surface area contributed by atoms with Crippen molar-refractivity contribution < 1.29 is 4.74 Å². The van der Waals surface area contributed by atoms with Gasteiger partial charge in [-0.2, -0.15) is 0 Å². The normalized spacial score (nSPS) is 10.4. The summed E-state index contributed by atoms with van der Waals surface area (Å²) in [5, 5.41) is 4.27. The molecule has 27 heavy (non-hydrogen) atoms. The first-order valence-electron chi connectivity index (χ1n) is 8.57. The lowest BCUT2D eigenvalue weighted by Crippen LogP contribution is -2.00. The van der Waals surface area contributed by atoms with Crippen molar-refractivity contribution in [3.05, 3.63) is 84.2 Å². The Labute approximate surface area is 157 Å². The Morgan fingerprint density at radius 2 is 1.70 bits per heavy atom. The quantitative estimate of drug-likeness (QED) is 0.496. The summed E-state index contributed by atoms with van der Waals surface area (Å²) in [5.74, 6) is 5.17. The van der Waals surface area contributed by atoms with Crippen LogP contribution < -0.4 is 10.1 Å². The third kappa shape index (κ3) is 3.58. The van der Waals surface area contributed by atoms with Gasteiger partial charge in [0.25, 0.3) is 0 Å². The lowest BCUT2D eigenvalue weighted by molar-refractivity contribution is 0.479. The minimum atomic E-state index is 0.358. The monoisotopic (exact) mass is 351 g/mol. The molecule has 0 atom stereocenters. The van der Waals surface area contributed by atoms with E-state index in [0.29, 0.717) is 11.6 Å². The summed E-state index contributed by atoms with van der Waals surface area (Å²) < 4.78 is 5.94. The number of terminal acetylenes is 1. The zero-order valence-electron chi connectivity index (χ0n) is 14.8. The number of hydrogen-bond donors (Lipinski definition) is 1. The van der Waals surface area contributed by atoms with Crippen molar-refractivity contribution in [2.75, 3.05) is 5.32 Å². The van der Waals surface area contributed by atoms with Crippen LogP contribution in [0.1, 0.15) is 11.4 Å². The van der Waals surface area contributed by atoms with Gasteiger partial charge >= 0.3 is 0 Å². The highest BCUT2D eigenvalue weighted by molar-refractivity contribution is 5.91. The molecule has 1 heterocycles. The molecular weight excluding hydrogens is 334 g/mol. The van der Waals surface area contributed by atoms with Crippen LogP contribution in [0.4, 0.5) is 11.5 Å². The Bertz CT molecular complexity index is 1150. The van der Waals surface area contributed by atoms with Crippen LogP contribution in [0.5, 0.6) is 11.5 Å². The van der Waals surface area contributed by atoms with Gasteiger partial charge in [-0.1, -0.05) is 30.3 Å². The molecule has 0 aliphatic rings. The van der Waals surface area contributed by atoms with E-state index in [-0.39, 0.29) is 0 Å². The summed E-state index contributed by atoms with van der Waals surface area (Å²) in [6.45, 7) is 2.01. The topological polar surface area (TPSA) is 47.0 Å². The van der Waals surface area contributed by atoms with E-state index in [1.165, 1.54) is 0 Å². The number of aryl methyl sites for hydroxylation is 1. The molecule has 0 aliphatic heterocycles. The molecule has 4 nitrogen and oxygen atoms in total. The number of aromatic nitrogens is 2. The van der Waals surface area contributed by atoms with Gasteiger partial charge in [0.2, 0.25) is 5.82 Å². The predicted octanol–water partition coefficient (Wildman–Crippen LogP) is 5.46. The lowest BCUT2D eigenvalue weighted by Gasteiger charge is -2.13. The van der Waals surface area contributed by atoms with Crippen LogP contribution in [0.2, 0.25) is 0 Å². The van der Waals surface area contributed by atoms with E-state index in [1.54, 1.807) is 0 Å².